The van der Waals surface area contributed by atoms with Crippen LogP contribution in [0.3, 0.4) is 0 Å². The van der Waals surface area contributed by atoms with Crippen molar-refractivity contribution in [2.45, 2.75) is 6.54 Å². The van der Waals surface area contributed by atoms with Crippen LogP contribution in [0.2, 0.25) is 0 Å². The van der Waals surface area contributed by atoms with Gasteiger partial charge in [0.15, 0.2) is 0 Å². The SMILES string of the molecule is O=[N+]([O-])c1ccc(CNn2cccc2)c(Br)c1. The molecule has 2 rings (SSSR count). The summed E-state index contributed by atoms with van der Waals surface area (Å²) in [5.74, 6) is 0. The maximum Gasteiger partial charge on any atom is 0.270 e. The fourth-order valence-electron chi connectivity index (χ4n) is 1.41. The van der Waals surface area contributed by atoms with Gasteiger partial charge in [-0.15, -0.1) is 0 Å². The zero-order valence-corrected chi connectivity index (χ0v) is 10.4. The van der Waals surface area contributed by atoms with Crippen LogP contribution in [0, 0.1) is 10.1 Å². The summed E-state index contributed by atoms with van der Waals surface area (Å²) in [5.41, 5.74) is 4.19. The Morgan fingerprint density at radius 2 is 2.06 bits per heavy atom. The first-order chi connectivity index (χ1) is 8.16. The Hall–Kier alpha value is -1.82. The van der Waals surface area contributed by atoms with Crippen molar-refractivity contribution in [3.05, 3.63) is 62.9 Å². The highest BCUT2D eigenvalue weighted by molar-refractivity contribution is 9.10. The van der Waals surface area contributed by atoms with E-state index in [-0.39, 0.29) is 5.69 Å². The Morgan fingerprint density at radius 1 is 1.35 bits per heavy atom. The highest BCUT2D eigenvalue weighted by Gasteiger charge is 2.08. The number of benzene rings is 1. The zero-order valence-electron chi connectivity index (χ0n) is 8.84. The van der Waals surface area contributed by atoms with Crippen LogP contribution in [-0.2, 0) is 6.54 Å². The molecule has 0 unspecified atom stereocenters. The minimum absolute atomic E-state index is 0.0848. The van der Waals surface area contributed by atoms with Crippen LogP contribution >= 0.6 is 15.9 Å². The molecule has 0 saturated heterocycles. The summed E-state index contributed by atoms with van der Waals surface area (Å²) in [4.78, 5) is 10.2. The van der Waals surface area contributed by atoms with Crippen molar-refractivity contribution in [1.29, 1.82) is 0 Å². The Labute approximate surface area is 106 Å². The Balaban J connectivity index is 2.09. The van der Waals surface area contributed by atoms with E-state index in [4.69, 9.17) is 0 Å². The number of nitro benzene ring substituents is 1. The van der Waals surface area contributed by atoms with Crippen molar-refractivity contribution in [2.24, 2.45) is 0 Å². The fraction of sp³-hybridized carbons (Fsp3) is 0.0909. The van der Waals surface area contributed by atoms with Crippen molar-refractivity contribution in [3.8, 4) is 0 Å². The van der Waals surface area contributed by atoms with E-state index in [2.05, 4.69) is 21.4 Å². The lowest BCUT2D eigenvalue weighted by Gasteiger charge is -2.08. The van der Waals surface area contributed by atoms with E-state index in [1.165, 1.54) is 12.1 Å². The molecule has 0 aliphatic heterocycles. The summed E-state index contributed by atoms with van der Waals surface area (Å²) in [5, 5.41) is 10.6. The van der Waals surface area contributed by atoms with Gasteiger partial charge in [-0.3, -0.25) is 14.8 Å². The number of nitro groups is 1. The third-order valence-corrected chi connectivity index (χ3v) is 3.04. The lowest BCUT2D eigenvalue weighted by molar-refractivity contribution is -0.384. The maximum absolute atomic E-state index is 10.6. The summed E-state index contributed by atoms with van der Waals surface area (Å²) in [7, 11) is 0. The van der Waals surface area contributed by atoms with Gasteiger partial charge in [0, 0.05) is 29.0 Å². The highest BCUT2D eigenvalue weighted by Crippen LogP contribution is 2.22. The molecule has 0 aliphatic carbocycles. The second-order valence-corrected chi connectivity index (χ2v) is 4.31. The molecule has 1 aromatic heterocycles. The molecule has 0 aliphatic rings. The van der Waals surface area contributed by atoms with Gasteiger partial charge in [-0.25, -0.2) is 0 Å². The molecule has 88 valence electrons. The summed E-state index contributed by atoms with van der Waals surface area (Å²) >= 11 is 3.33. The number of nitrogens with zero attached hydrogens (tertiary/aromatic N) is 2. The number of hydrogen-bond donors (Lipinski definition) is 1. The summed E-state index contributed by atoms with van der Waals surface area (Å²) in [6.45, 7) is 0.591. The minimum atomic E-state index is -0.409. The normalized spacial score (nSPS) is 10.2. The van der Waals surface area contributed by atoms with Crippen molar-refractivity contribution < 1.29 is 4.92 Å². The van der Waals surface area contributed by atoms with Crippen LogP contribution in [0.25, 0.3) is 0 Å². The second kappa shape index (κ2) is 5.01. The molecule has 6 heteroatoms. The predicted octanol–water partition coefficient (Wildman–Crippen LogP) is 2.90. The predicted molar refractivity (Wildman–Crippen MR) is 68.3 cm³/mol. The van der Waals surface area contributed by atoms with Crippen molar-refractivity contribution in [2.75, 3.05) is 5.43 Å². The number of halogens is 1. The number of aromatic nitrogens is 1. The van der Waals surface area contributed by atoms with Crippen molar-refractivity contribution in [3.63, 3.8) is 0 Å². The monoisotopic (exact) mass is 295 g/mol. The lowest BCUT2D eigenvalue weighted by atomic mass is 10.2. The van der Waals surface area contributed by atoms with Gasteiger partial charge in [0.2, 0.25) is 0 Å². The average Bonchev–Trinajstić information content (AvgIpc) is 2.80. The molecule has 0 amide bonds. The molecule has 0 bridgehead atoms. The summed E-state index contributed by atoms with van der Waals surface area (Å²) in [6.07, 6.45) is 3.78. The Morgan fingerprint density at radius 3 is 2.65 bits per heavy atom. The minimum Gasteiger partial charge on any atom is -0.322 e. The molecule has 0 saturated carbocycles. The number of nitrogens with one attached hydrogen (secondary N) is 1. The topological polar surface area (TPSA) is 60.1 Å². The molecule has 0 spiro atoms. The van der Waals surface area contributed by atoms with Gasteiger partial charge in [-0.2, -0.15) is 0 Å². The van der Waals surface area contributed by atoms with E-state index >= 15 is 0 Å². The highest BCUT2D eigenvalue weighted by atomic mass is 79.9. The smallest absolute Gasteiger partial charge is 0.270 e. The molecule has 17 heavy (non-hydrogen) atoms. The molecule has 0 atom stereocenters. The van der Waals surface area contributed by atoms with Crippen molar-refractivity contribution in [1.82, 2.24) is 4.68 Å². The molecule has 0 radical (unpaired) electrons. The first kappa shape index (κ1) is 11.7. The first-order valence-electron chi connectivity index (χ1n) is 4.96. The molecule has 1 heterocycles. The molecule has 2 aromatic rings. The maximum atomic E-state index is 10.6. The van der Waals surface area contributed by atoms with Crippen LogP contribution < -0.4 is 5.43 Å². The van der Waals surface area contributed by atoms with Crippen LogP contribution in [0.1, 0.15) is 5.56 Å². The van der Waals surface area contributed by atoms with E-state index in [0.717, 1.165) is 10.0 Å². The number of hydrogen-bond acceptors (Lipinski definition) is 3. The van der Waals surface area contributed by atoms with E-state index in [1.807, 2.05) is 29.2 Å². The van der Waals surface area contributed by atoms with Gasteiger partial charge in [-0.05, 0) is 23.8 Å². The lowest BCUT2D eigenvalue weighted by Crippen LogP contribution is -2.12. The molecule has 0 fully saturated rings. The van der Waals surface area contributed by atoms with Gasteiger partial charge >= 0.3 is 0 Å². The van der Waals surface area contributed by atoms with Crippen LogP contribution in [0.4, 0.5) is 5.69 Å². The summed E-state index contributed by atoms with van der Waals surface area (Å²) in [6, 6.07) is 8.57. The largest absolute Gasteiger partial charge is 0.322 e. The van der Waals surface area contributed by atoms with Gasteiger partial charge in [0.1, 0.15) is 0 Å². The molecular formula is C11H10BrN3O2. The molecular weight excluding hydrogens is 286 g/mol. The van der Waals surface area contributed by atoms with E-state index in [0.29, 0.717) is 6.54 Å². The third-order valence-electron chi connectivity index (χ3n) is 2.30. The van der Waals surface area contributed by atoms with Crippen LogP contribution in [0.5, 0.6) is 0 Å². The number of rotatable bonds is 4. The quantitative estimate of drug-likeness (QED) is 0.697. The molecule has 5 nitrogen and oxygen atoms in total. The van der Waals surface area contributed by atoms with E-state index in [9.17, 15) is 10.1 Å². The van der Waals surface area contributed by atoms with Gasteiger partial charge in [-0.1, -0.05) is 15.9 Å². The Kier molecular flexibility index (Phi) is 3.43. The van der Waals surface area contributed by atoms with Gasteiger partial charge < -0.3 is 5.43 Å². The first-order valence-corrected chi connectivity index (χ1v) is 5.76. The van der Waals surface area contributed by atoms with Crippen molar-refractivity contribution >= 4 is 21.6 Å². The molecule has 1 aromatic carbocycles. The molecule has 1 N–H and O–H groups in total. The van der Waals surface area contributed by atoms with E-state index in [1.54, 1.807) is 6.07 Å². The Bertz CT molecular complexity index is 526. The van der Waals surface area contributed by atoms with E-state index < -0.39 is 4.92 Å². The average molecular weight is 296 g/mol. The third kappa shape index (κ3) is 2.85. The number of non-ortho nitro benzene ring substituents is 1. The van der Waals surface area contributed by atoms with Crippen LogP contribution in [-0.4, -0.2) is 9.60 Å². The fourth-order valence-corrected chi connectivity index (χ4v) is 1.92. The summed E-state index contributed by atoms with van der Waals surface area (Å²) < 4.78 is 2.56. The van der Waals surface area contributed by atoms with Gasteiger partial charge in [0.25, 0.3) is 5.69 Å². The zero-order chi connectivity index (χ0) is 12.3. The second-order valence-electron chi connectivity index (χ2n) is 3.46. The standard InChI is InChI=1S/C11H10BrN3O2/c12-11-7-10(15(16)17)4-3-9(11)8-13-14-5-1-2-6-14/h1-7,13H,8H2. The van der Waals surface area contributed by atoms with Crippen LogP contribution in [0.15, 0.2) is 47.2 Å². The van der Waals surface area contributed by atoms with Gasteiger partial charge in [0.05, 0.1) is 11.5 Å².